The van der Waals surface area contributed by atoms with Crippen LogP contribution in [-0.4, -0.2) is 39.4 Å². The minimum absolute atomic E-state index is 0.149. The number of ether oxygens (including phenoxy) is 2. The number of amides is 2. The first-order valence-electron chi connectivity index (χ1n) is 10.1. The number of benzene rings is 2. The van der Waals surface area contributed by atoms with Crippen molar-refractivity contribution >= 4 is 17.4 Å². The molecule has 2 amide bonds. The second-order valence-electron chi connectivity index (χ2n) is 7.22. The van der Waals surface area contributed by atoms with Gasteiger partial charge in [-0.3, -0.25) is 0 Å². The molecule has 2 aromatic carbocycles. The number of urea groups is 1. The summed E-state index contributed by atoms with van der Waals surface area (Å²) < 4.78 is 49.9. The number of anilines is 2. The van der Waals surface area contributed by atoms with Crippen LogP contribution in [0.1, 0.15) is 24.0 Å². The molecule has 9 heteroatoms. The number of hydrogen-bond donors (Lipinski definition) is 2. The Hall–Kier alpha value is -2.94. The maximum atomic E-state index is 13.2. The number of carbonyl (C=O) groups excluding carboxylic acids is 1. The van der Waals surface area contributed by atoms with Gasteiger partial charge in [-0.1, -0.05) is 12.1 Å². The van der Waals surface area contributed by atoms with Crippen LogP contribution >= 0.6 is 0 Å². The Labute approximate surface area is 179 Å². The zero-order chi connectivity index (χ0) is 22.3. The topological polar surface area (TPSA) is 62.8 Å². The number of hydrogen-bond acceptors (Lipinski definition) is 4. The summed E-state index contributed by atoms with van der Waals surface area (Å²) in [6, 6.07) is 10.1. The Morgan fingerprint density at radius 3 is 2.42 bits per heavy atom. The fourth-order valence-electron chi connectivity index (χ4n) is 3.34. The molecule has 31 heavy (non-hydrogen) atoms. The van der Waals surface area contributed by atoms with Crippen molar-refractivity contribution in [3.8, 4) is 5.75 Å². The average Bonchev–Trinajstić information content (AvgIpc) is 3.27. The Balaban J connectivity index is 1.62. The molecule has 0 saturated carbocycles. The largest absolute Gasteiger partial charge is 0.491 e. The van der Waals surface area contributed by atoms with E-state index in [-0.39, 0.29) is 12.2 Å². The van der Waals surface area contributed by atoms with Crippen LogP contribution in [0.5, 0.6) is 5.75 Å². The lowest BCUT2D eigenvalue weighted by Crippen LogP contribution is -2.29. The maximum Gasteiger partial charge on any atom is 0.416 e. The third-order valence-corrected chi connectivity index (χ3v) is 4.95. The van der Waals surface area contributed by atoms with Crippen molar-refractivity contribution < 1.29 is 27.4 Å². The first-order chi connectivity index (χ1) is 14.9. The van der Waals surface area contributed by atoms with Gasteiger partial charge < -0.3 is 25.0 Å². The predicted octanol–water partition coefficient (Wildman–Crippen LogP) is 4.65. The van der Waals surface area contributed by atoms with Crippen molar-refractivity contribution in [1.82, 2.24) is 5.32 Å². The average molecular weight is 437 g/mol. The number of carbonyl (C=O) groups is 1. The number of nitrogens with zero attached hydrogens (tertiary/aromatic N) is 1. The highest BCUT2D eigenvalue weighted by molar-refractivity contribution is 5.93. The highest BCUT2D eigenvalue weighted by Crippen LogP contribution is 2.36. The van der Waals surface area contributed by atoms with E-state index in [9.17, 15) is 18.0 Å². The molecular weight excluding hydrogens is 411 g/mol. The van der Waals surface area contributed by atoms with Crippen LogP contribution in [0.4, 0.5) is 29.3 Å². The van der Waals surface area contributed by atoms with E-state index in [1.807, 2.05) is 17.0 Å². The Bertz CT molecular complexity index is 867. The summed E-state index contributed by atoms with van der Waals surface area (Å²) in [5, 5.41) is 5.27. The lowest BCUT2D eigenvalue weighted by molar-refractivity contribution is -0.137. The Morgan fingerprint density at radius 2 is 1.77 bits per heavy atom. The predicted molar refractivity (Wildman–Crippen MR) is 113 cm³/mol. The molecule has 1 saturated heterocycles. The van der Waals surface area contributed by atoms with Crippen LogP contribution < -0.4 is 20.3 Å². The van der Waals surface area contributed by atoms with Gasteiger partial charge >= 0.3 is 12.2 Å². The van der Waals surface area contributed by atoms with Gasteiger partial charge in [0.25, 0.3) is 0 Å². The fourth-order valence-corrected chi connectivity index (χ4v) is 3.34. The zero-order valence-electron chi connectivity index (χ0n) is 17.3. The van der Waals surface area contributed by atoms with Gasteiger partial charge in [-0.25, -0.2) is 4.79 Å². The molecule has 0 spiro atoms. The standard InChI is InChI=1S/C22H26F3N3O3/c1-30-12-13-31-18-7-4-16(5-8-18)15-26-21(29)27-19-14-17(22(23,24)25)6-9-20(19)28-10-2-3-11-28/h4-9,14H,2-3,10-13,15H2,1H3,(H2,26,27,29). The van der Waals surface area contributed by atoms with Crippen molar-refractivity contribution in [2.45, 2.75) is 25.6 Å². The molecule has 2 N–H and O–H groups in total. The van der Waals surface area contributed by atoms with E-state index in [0.29, 0.717) is 24.7 Å². The second kappa shape index (κ2) is 10.4. The molecule has 1 aliphatic rings. The molecule has 0 bridgehead atoms. The molecule has 0 atom stereocenters. The van der Waals surface area contributed by atoms with Crippen LogP contribution in [0.3, 0.4) is 0 Å². The minimum Gasteiger partial charge on any atom is -0.491 e. The van der Waals surface area contributed by atoms with E-state index in [0.717, 1.165) is 43.6 Å². The van der Waals surface area contributed by atoms with E-state index in [2.05, 4.69) is 10.6 Å². The summed E-state index contributed by atoms with van der Waals surface area (Å²) in [6.07, 6.45) is -2.54. The van der Waals surface area contributed by atoms with Crippen molar-refractivity contribution in [3.05, 3.63) is 53.6 Å². The molecule has 1 fully saturated rings. The van der Waals surface area contributed by atoms with Gasteiger partial charge in [0.05, 0.1) is 23.5 Å². The number of alkyl halides is 3. The van der Waals surface area contributed by atoms with Crippen molar-refractivity contribution in [3.63, 3.8) is 0 Å². The quantitative estimate of drug-likeness (QED) is 0.590. The van der Waals surface area contributed by atoms with Crippen molar-refractivity contribution in [2.75, 3.05) is 43.6 Å². The van der Waals surface area contributed by atoms with Crippen LogP contribution in [0, 0.1) is 0 Å². The van der Waals surface area contributed by atoms with Gasteiger partial charge in [0.1, 0.15) is 12.4 Å². The van der Waals surface area contributed by atoms with Crippen molar-refractivity contribution in [1.29, 1.82) is 0 Å². The van der Waals surface area contributed by atoms with E-state index in [1.165, 1.54) is 6.07 Å². The first-order valence-corrected chi connectivity index (χ1v) is 10.1. The summed E-state index contributed by atoms with van der Waals surface area (Å²) in [7, 11) is 1.59. The lowest BCUT2D eigenvalue weighted by atomic mass is 10.1. The maximum absolute atomic E-state index is 13.2. The number of rotatable bonds is 8. The molecule has 1 heterocycles. The van der Waals surface area contributed by atoms with E-state index in [4.69, 9.17) is 9.47 Å². The first kappa shape index (κ1) is 22.7. The molecule has 3 rings (SSSR count). The minimum atomic E-state index is -4.48. The van der Waals surface area contributed by atoms with Gasteiger partial charge in [0, 0.05) is 26.7 Å². The highest BCUT2D eigenvalue weighted by atomic mass is 19.4. The molecule has 0 radical (unpaired) electrons. The van der Waals surface area contributed by atoms with Crippen LogP contribution in [0.25, 0.3) is 0 Å². The van der Waals surface area contributed by atoms with Gasteiger partial charge in [0.15, 0.2) is 0 Å². The van der Waals surface area contributed by atoms with Crippen LogP contribution in [0.2, 0.25) is 0 Å². The zero-order valence-corrected chi connectivity index (χ0v) is 17.3. The molecule has 6 nitrogen and oxygen atoms in total. The van der Waals surface area contributed by atoms with Gasteiger partial charge in [-0.15, -0.1) is 0 Å². The second-order valence-corrected chi connectivity index (χ2v) is 7.22. The van der Waals surface area contributed by atoms with Gasteiger partial charge in [0.2, 0.25) is 0 Å². The van der Waals surface area contributed by atoms with Crippen molar-refractivity contribution in [2.24, 2.45) is 0 Å². The normalized spacial score (nSPS) is 13.9. The third kappa shape index (κ3) is 6.52. The van der Waals surface area contributed by atoms with Gasteiger partial charge in [-0.05, 0) is 48.7 Å². The van der Waals surface area contributed by atoms with Crippen LogP contribution in [0.15, 0.2) is 42.5 Å². The number of methoxy groups -OCH3 is 1. The smallest absolute Gasteiger partial charge is 0.416 e. The molecule has 168 valence electrons. The van der Waals surface area contributed by atoms with Gasteiger partial charge in [-0.2, -0.15) is 13.2 Å². The molecule has 0 aliphatic carbocycles. The summed E-state index contributed by atoms with van der Waals surface area (Å²) in [6.45, 7) is 2.65. The highest BCUT2D eigenvalue weighted by Gasteiger charge is 2.32. The lowest BCUT2D eigenvalue weighted by Gasteiger charge is -2.23. The summed E-state index contributed by atoms with van der Waals surface area (Å²) in [5.74, 6) is 0.685. The molecule has 2 aromatic rings. The Kier molecular flexibility index (Phi) is 7.62. The SMILES string of the molecule is COCCOc1ccc(CNC(=O)Nc2cc(C(F)(F)F)ccc2N2CCCC2)cc1. The summed E-state index contributed by atoms with van der Waals surface area (Å²) >= 11 is 0. The monoisotopic (exact) mass is 437 g/mol. The van der Waals surface area contributed by atoms with E-state index < -0.39 is 17.8 Å². The summed E-state index contributed by atoms with van der Waals surface area (Å²) in [5.41, 5.74) is 0.780. The molecule has 0 unspecified atom stereocenters. The number of halogens is 3. The molecule has 1 aliphatic heterocycles. The Morgan fingerprint density at radius 1 is 1.06 bits per heavy atom. The summed E-state index contributed by atoms with van der Waals surface area (Å²) in [4.78, 5) is 14.4. The molecular formula is C22H26F3N3O3. The van der Waals surface area contributed by atoms with E-state index in [1.54, 1.807) is 19.2 Å². The van der Waals surface area contributed by atoms with E-state index >= 15 is 0 Å². The number of nitrogens with one attached hydrogen (secondary N) is 2. The van der Waals surface area contributed by atoms with Crippen LogP contribution in [-0.2, 0) is 17.5 Å². The fraction of sp³-hybridized carbons (Fsp3) is 0.409. The molecule has 0 aromatic heterocycles. The third-order valence-electron chi connectivity index (χ3n) is 4.95.